The van der Waals surface area contributed by atoms with Crippen molar-refractivity contribution in [1.82, 2.24) is 0 Å². The van der Waals surface area contributed by atoms with Gasteiger partial charge in [0, 0.05) is 12.3 Å². The highest BCUT2D eigenvalue weighted by Gasteiger charge is 2.65. The van der Waals surface area contributed by atoms with Crippen LogP contribution in [-0.2, 0) is 9.47 Å². The highest BCUT2D eigenvalue weighted by molar-refractivity contribution is 5.13. The first-order valence-electron chi connectivity index (χ1n) is 4.87. The van der Waals surface area contributed by atoms with Crippen LogP contribution in [0.25, 0.3) is 0 Å². The summed E-state index contributed by atoms with van der Waals surface area (Å²) >= 11 is 0. The quantitative estimate of drug-likeness (QED) is 0.548. The van der Waals surface area contributed by atoms with Gasteiger partial charge in [-0.15, -0.1) is 0 Å². The Morgan fingerprint density at radius 1 is 1.17 bits per heavy atom. The second-order valence-corrected chi connectivity index (χ2v) is 5.23. The van der Waals surface area contributed by atoms with Gasteiger partial charge in [-0.1, -0.05) is 0 Å². The maximum atomic E-state index is 6.00. The molecular formula is C10H16O2. The fourth-order valence-electron chi connectivity index (χ4n) is 3.16. The molecule has 0 N–H and O–H groups in total. The molecule has 4 fully saturated rings. The Labute approximate surface area is 73.2 Å². The SMILES string of the molecule is CC1(C)OC2CC1C1CC2(C)O1. The van der Waals surface area contributed by atoms with Gasteiger partial charge in [0.25, 0.3) is 0 Å². The van der Waals surface area contributed by atoms with Crippen molar-refractivity contribution in [3.63, 3.8) is 0 Å². The third kappa shape index (κ3) is 0.647. The molecule has 0 aromatic rings. The van der Waals surface area contributed by atoms with Crippen LogP contribution in [-0.4, -0.2) is 23.4 Å². The van der Waals surface area contributed by atoms with Crippen molar-refractivity contribution in [2.75, 3.05) is 0 Å². The van der Waals surface area contributed by atoms with Gasteiger partial charge in [-0.05, 0) is 27.2 Å². The second kappa shape index (κ2) is 1.73. The van der Waals surface area contributed by atoms with E-state index in [1.165, 1.54) is 12.8 Å². The summed E-state index contributed by atoms with van der Waals surface area (Å²) in [7, 11) is 0. The zero-order valence-electron chi connectivity index (χ0n) is 7.96. The Morgan fingerprint density at radius 3 is 2.42 bits per heavy atom. The lowest BCUT2D eigenvalue weighted by Gasteiger charge is -2.53. The molecule has 4 rings (SSSR count). The molecule has 4 aliphatic rings. The molecular weight excluding hydrogens is 152 g/mol. The van der Waals surface area contributed by atoms with Crippen molar-refractivity contribution in [1.29, 1.82) is 0 Å². The van der Waals surface area contributed by atoms with Gasteiger partial charge in [0.15, 0.2) is 0 Å². The molecule has 0 aromatic carbocycles. The van der Waals surface area contributed by atoms with Crippen molar-refractivity contribution in [3.05, 3.63) is 0 Å². The number of ether oxygens (including phenoxy) is 2. The van der Waals surface area contributed by atoms with Crippen molar-refractivity contribution >= 4 is 0 Å². The second-order valence-electron chi connectivity index (χ2n) is 5.23. The van der Waals surface area contributed by atoms with Crippen LogP contribution in [0.1, 0.15) is 33.6 Å². The minimum atomic E-state index is 0.0591. The van der Waals surface area contributed by atoms with Gasteiger partial charge in [-0.3, -0.25) is 0 Å². The van der Waals surface area contributed by atoms with Crippen LogP contribution in [0.3, 0.4) is 0 Å². The third-order valence-corrected chi connectivity index (χ3v) is 3.96. The molecule has 0 amide bonds. The fraction of sp³-hybridized carbons (Fsp3) is 1.00. The third-order valence-electron chi connectivity index (χ3n) is 3.96. The van der Waals surface area contributed by atoms with Gasteiger partial charge < -0.3 is 9.47 Å². The van der Waals surface area contributed by atoms with Crippen LogP contribution >= 0.6 is 0 Å². The van der Waals surface area contributed by atoms with Gasteiger partial charge in [0.2, 0.25) is 0 Å². The Kier molecular flexibility index (Phi) is 1.06. The van der Waals surface area contributed by atoms with E-state index in [4.69, 9.17) is 9.47 Å². The number of hydrogen-bond donors (Lipinski definition) is 0. The molecule has 3 aliphatic heterocycles. The van der Waals surface area contributed by atoms with Crippen LogP contribution in [0.15, 0.2) is 0 Å². The molecule has 1 aliphatic carbocycles. The summed E-state index contributed by atoms with van der Waals surface area (Å²) in [5.74, 6) is 0.643. The molecule has 0 aromatic heterocycles. The first kappa shape index (κ1) is 7.34. The van der Waals surface area contributed by atoms with Gasteiger partial charge in [0.1, 0.15) is 0 Å². The van der Waals surface area contributed by atoms with Crippen molar-refractivity contribution in [2.24, 2.45) is 5.92 Å². The summed E-state index contributed by atoms with van der Waals surface area (Å²) in [5, 5.41) is 0. The summed E-state index contributed by atoms with van der Waals surface area (Å²) in [4.78, 5) is 0. The molecule has 12 heavy (non-hydrogen) atoms. The highest BCUT2D eigenvalue weighted by atomic mass is 16.6. The van der Waals surface area contributed by atoms with E-state index >= 15 is 0 Å². The lowest BCUT2D eigenvalue weighted by atomic mass is 9.68. The van der Waals surface area contributed by atoms with Crippen LogP contribution in [0.5, 0.6) is 0 Å². The van der Waals surface area contributed by atoms with Gasteiger partial charge in [-0.25, -0.2) is 0 Å². The van der Waals surface area contributed by atoms with Crippen LogP contribution in [0, 0.1) is 5.92 Å². The van der Waals surface area contributed by atoms with E-state index in [2.05, 4.69) is 20.8 Å². The molecule has 1 saturated carbocycles. The predicted molar refractivity (Wildman–Crippen MR) is 45.0 cm³/mol. The molecule has 3 heterocycles. The molecule has 4 bridgehead atoms. The summed E-state index contributed by atoms with van der Waals surface area (Å²) in [6.07, 6.45) is 3.28. The van der Waals surface area contributed by atoms with E-state index in [0.717, 1.165) is 0 Å². The first-order chi connectivity index (χ1) is 5.51. The summed E-state index contributed by atoms with van der Waals surface area (Å²) in [6.45, 7) is 6.59. The first-order valence-corrected chi connectivity index (χ1v) is 4.87. The zero-order chi connectivity index (χ0) is 8.56. The largest absolute Gasteiger partial charge is 0.369 e. The predicted octanol–water partition coefficient (Wildman–Crippen LogP) is 1.73. The van der Waals surface area contributed by atoms with E-state index in [1.807, 2.05) is 0 Å². The smallest absolute Gasteiger partial charge is 0.0944 e. The van der Waals surface area contributed by atoms with Crippen molar-refractivity contribution in [2.45, 2.75) is 57.0 Å². The molecule has 68 valence electrons. The fourth-order valence-corrected chi connectivity index (χ4v) is 3.16. The number of rotatable bonds is 0. The lowest BCUT2D eigenvalue weighted by Crippen LogP contribution is -2.61. The Balaban J connectivity index is 1.99. The Bertz CT molecular complexity index is 228. The monoisotopic (exact) mass is 168 g/mol. The summed E-state index contributed by atoms with van der Waals surface area (Å²) in [6, 6.07) is 0. The lowest BCUT2D eigenvalue weighted by molar-refractivity contribution is -0.260. The van der Waals surface area contributed by atoms with Gasteiger partial charge >= 0.3 is 0 Å². The van der Waals surface area contributed by atoms with E-state index in [1.54, 1.807) is 0 Å². The molecule has 4 atom stereocenters. The van der Waals surface area contributed by atoms with E-state index in [0.29, 0.717) is 18.1 Å². The maximum Gasteiger partial charge on any atom is 0.0944 e. The molecule has 2 nitrogen and oxygen atoms in total. The highest BCUT2D eigenvalue weighted by Crippen LogP contribution is 2.57. The van der Waals surface area contributed by atoms with Crippen LogP contribution in [0.4, 0.5) is 0 Å². The van der Waals surface area contributed by atoms with Gasteiger partial charge in [0.05, 0.1) is 23.4 Å². The standard InChI is InChI=1S/C10H16O2/c1-9(2)6-4-8(12-9)10(3)5-7(6)11-10/h6-8H,4-5H2,1-3H3. The molecule has 4 unspecified atom stereocenters. The van der Waals surface area contributed by atoms with Crippen molar-refractivity contribution in [3.8, 4) is 0 Å². The minimum absolute atomic E-state index is 0.0591. The molecule has 2 heteroatoms. The normalized spacial score (nSPS) is 59.8. The maximum absolute atomic E-state index is 6.00. The molecule has 3 saturated heterocycles. The van der Waals surface area contributed by atoms with Crippen LogP contribution < -0.4 is 0 Å². The Hall–Kier alpha value is -0.0800. The average Bonchev–Trinajstić information content (AvgIpc) is 2.12. The van der Waals surface area contributed by atoms with E-state index in [9.17, 15) is 0 Å². The number of hydrogen-bond acceptors (Lipinski definition) is 2. The topological polar surface area (TPSA) is 18.5 Å². The zero-order valence-corrected chi connectivity index (χ0v) is 7.96. The molecule has 0 spiro atoms. The van der Waals surface area contributed by atoms with Crippen molar-refractivity contribution < 1.29 is 9.47 Å². The van der Waals surface area contributed by atoms with E-state index < -0.39 is 0 Å². The van der Waals surface area contributed by atoms with Gasteiger partial charge in [-0.2, -0.15) is 0 Å². The minimum Gasteiger partial charge on any atom is -0.369 e. The molecule has 0 radical (unpaired) electrons. The Morgan fingerprint density at radius 2 is 1.83 bits per heavy atom. The summed E-state index contributed by atoms with van der Waals surface area (Å²) < 4.78 is 11.9. The average molecular weight is 168 g/mol. The van der Waals surface area contributed by atoms with E-state index in [-0.39, 0.29) is 11.2 Å². The summed E-state index contributed by atoms with van der Waals surface area (Å²) in [5.41, 5.74) is 0.124. The van der Waals surface area contributed by atoms with Crippen LogP contribution in [0.2, 0.25) is 0 Å².